The van der Waals surface area contributed by atoms with Crippen molar-refractivity contribution < 1.29 is 23.7 Å². The molecule has 2 fully saturated rings. The molecule has 2 unspecified atom stereocenters. The molecule has 31 heavy (non-hydrogen) atoms. The van der Waals surface area contributed by atoms with E-state index in [0.29, 0.717) is 12.3 Å². The fourth-order valence-electron chi connectivity index (χ4n) is 4.78. The lowest BCUT2D eigenvalue weighted by Gasteiger charge is -2.55. The maximum Gasteiger partial charge on any atom is 0.259 e. The Labute approximate surface area is 186 Å². The monoisotopic (exact) mass is 434 g/mol. The highest BCUT2D eigenvalue weighted by molar-refractivity contribution is 5.93. The summed E-state index contributed by atoms with van der Waals surface area (Å²) in [4.78, 5) is 19.5. The number of ether oxygens (including phenoxy) is 4. The van der Waals surface area contributed by atoms with E-state index in [4.69, 9.17) is 18.9 Å². The molecule has 1 saturated carbocycles. The standard InChI is InChI=1S/C24H38N2O5/c1-18(2)13-22-24(30-17-29-4,23(27)26(22)16-28-3)15-19-14-21(11-12-25-19)31-20-9-7-5-6-8-10-20/h11-12,14,18,20,22H,5-10,13,15-17H2,1-4H3. The number of pyridine rings is 1. The number of β-lactam (4-membered cyclic amide) rings is 1. The maximum atomic E-state index is 13.2. The van der Waals surface area contributed by atoms with Gasteiger partial charge in [0.15, 0.2) is 5.60 Å². The molecule has 2 atom stereocenters. The smallest absolute Gasteiger partial charge is 0.259 e. The number of likely N-dealkylation sites (tertiary alicyclic amines) is 1. The van der Waals surface area contributed by atoms with Crippen LogP contribution in [-0.4, -0.2) is 61.3 Å². The third-order valence-electron chi connectivity index (χ3n) is 6.27. The Morgan fingerprint density at radius 3 is 2.55 bits per heavy atom. The van der Waals surface area contributed by atoms with Crippen molar-refractivity contribution in [3.05, 3.63) is 24.0 Å². The molecule has 1 aromatic rings. The first-order valence-electron chi connectivity index (χ1n) is 11.5. The minimum absolute atomic E-state index is 0.0550. The first kappa shape index (κ1) is 24.0. The quantitative estimate of drug-likeness (QED) is 0.298. The average molecular weight is 435 g/mol. The van der Waals surface area contributed by atoms with Crippen LogP contribution in [0.3, 0.4) is 0 Å². The fraction of sp³-hybridized carbons (Fsp3) is 0.750. The molecule has 0 bridgehead atoms. The Hall–Kier alpha value is -1.70. The zero-order chi connectivity index (χ0) is 22.3. The minimum atomic E-state index is -0.993. The Kier molecular flexibility index (Phi) is 8.69. The predicted octanol–water partition coefficient (Wildman–Crippen LogP) is 3.95. The molecule has 0 radical (unpaired) electrons. The number of hydrogen-bond acceptors (Lipinski definition) is 6. The van der Waals surface area contributed by atoms with Gasteiger partial charge in [0.1, 0.15) is 19.3 Å². The van der Waals surface area contributed by atoms with Crippen LogP contribution in [-0.2, 0) is 25.4 Å². The average Bonchev–Trinajstić information content (AvgIpc) is 3.02. The van der Waals surface area contributed by atoms with Crippen molar-refractivity contribution in [3.63, 3.8) is 0 Å². The molecule has 2 heterocycles. The van der Waals surface area contributed by atoms with E-state index < -0.39 is 5.60 Å². The van der Waals surface area contributed by atoms with Gasteiger partial charge in [0.2, 0.25) is 0 Å². The highest BCUT2D eigenvalue weighted by atomic mass is 16.7. The van der Waals surface area contributed by atoms with Gasteiger partial charge >= 0.3 is 0 Å². The Morgan fingerprint density at radius 1 is 1.16 bits per heavy atom. The molecule has 0 aromatic carbocycles. The lowest BCUT2D eigenvalue weighted by atomic mass is 9.75. The molecule has 174 valence electrons. The topological polar surface area (TPSA) is 70.1 Å². The van der Waals surface area contributed by atoms with E-state index in [1.165, 1.54) is 25.7 Å². The van der Waals surface area contributed by atoms with E-state index in [0.717, 1.165) is 30.7 Å². The van der Waals surface area contributed by atoms with Crippen molar-refractivity contribution in [2.24, 2.45) is 5.92 Å². The number of hydrogen-bond donors (Lipinski definition) is 0. The molecule has 1 amide bonds. The number of nitrogens with zero attached hydrogens (tertiary/aromatic N) is 2. The van der Waals surface area contributed by atoms with Gasteiger partial charge in [-0.05, 0) is 44.1 Å². The molecule has 3 rings (SSSR count). The number of amides is 1. The summed E-state index contributed by atoms with van der Waals surface area (Å²) in [6, 6.07) is 3.77. The zero-order valence-corrected chi connectivity index (χ0v) is 19.5. The summed E-state index contributed by atoms with van der Waals surface area (Å²) in [5.74, 6) is 1.15. The fourth-order valence-corrected chi connectivity index (χ4v) is 4.78. The first-order chi connectivity index (χ1) is 15.0. The summed E-state index contributed by atoms with van der Waals surface area (Å²) < 4.78 is 22.8. The molecule has 0 N–H and O–H groups in total. The van der Waals surface area contributed by atoms with Crippen LogP contribution in [0.1, 0.15) is 64.5 Å². The van der Waals surface area contributed by atoms with Crippen LogP contribution in [0, 0.1) is 5.92 Å². The van der Waals surface area contributed by atoms with Gasteiger partial charge in [-0.15, -0.1) is 0 Å². The Balaban J connectivity index is 1.79. The van der Waals surface area contributed by atoms with Gasteiger partial charge < -0.3 is 23.8 Å². The van der Waals surface area contributed by atoms with Gasteiger partial charge in [-0.25, -0.2) is 0 Å². The summed E-state index contributed by atoms with van der Waals surface area (Å²) in [5.41, 5.74) is -0.200. The second-order valence-corrected chi connectivity index (χ2v) is 9.17. The second-order valence-electron chi connectivity index (χ2n) is 9.17. The summed E-state index contributed by atoms with van der Waals surface area (Å²) in [6.45, 7) is 4.61. The molecular weight excluding hydrogens is 396 g/mol. The van der Waals surface area contributed by atoms with E-state index >= 15 is 0 Å². The van der Waals surface area contributed by atoms with Crippen LogP contribution in [0.4, 0.5) is 0 Å². The van der Waals surface area contributed by atoms with E-state index in [2.05, 4.69) is 18.8 Å². The van der Waals surface area contributed by atoms with E-state index in [-0.39, 0.29) is 31.6 Å². The summed E-state index contributed by atoms with van der Waals surface area (Å²) in [5, 5.41) is 0. The summed E-state index contributed by atoms with van der Waals surface area (Å²) >= 11 is 0. The van der Waals surface area contributed by atoms with Crippen LogP contribution >= 0.6 is 0 Å². The molecule has 1 saturated heterocycles. The number of methoxy groups -OCH3 is 2. The van der Waals surface area contributed by atoms with Crippen molar-refractivity contribution in [2.75, 3.05) is 27.7 Å². The molecular formula is C24H38N2O5. The molecule has 1 aromatic heterocycles. The lowest BCUT2D eigenvalue weighted by Crippen LogP contribution is -2.76. The van der Waals surface area contributed by atoms with Crippen LogP contribution in [0.15, 0.2) is 18.3 Å². The summed E-state index contributed by atoms with van der Waals surface area (Å²) in [7, 11) is 3.17. The van der Waals surface area contributed by atoms with Crippen molar-refractivity contribution in [2.45, 2.75) is 83.0 Å². The van der Waals surface area contributed by atoms with Crippen molar-refractivity contribution >= 4 is 5.91 Å². The molecule has 1 aliphatic heterocycles. The molecule has 2 aliphatic rings. The van der Waals surface area contributed by atoms with Crippen molar-refractivity contribution in [1.82, 2.24) is 9.88 Å². The molecule has 0 spiro atoms. The second kappa shape index (κ2) is 11.2. The van der Waals surface area contributed by atoms with Crippen molar-refractivity contribution in [3.8, 4) is 5.75 Å². The third-order valence-corrected chi connectivity index (χ3v) is 6.27. The van der Waals surface area contributed by atoms with Gasteiger partial charge in [-0.1, -0.05) is 26.7 Å². The zero-order valence-electron chi connectivity index (χ0n) is 19.5. The normalized spacial score (nSPS) is 24.9. The van der Waals surface area contributed by atoms with E-state index in [1.807, 2.05) is 12.1 Å². The number of rotatable bonds is 11. The largest absolute Gasteiger partial charge is 0.490 e. The molecule has 1 aliphatic carbocycles. The lowest BCUT2D eigenvalue weighted by molar-refractivity contribution is -0.235. The maximum absolute atomic E-state index is 13.2. The Morgan fingerprint density at radius 2 is 1.90 bits per heavy atom. The minimum Gasteiger partial charge on any atom is -0.490 e. The van der Waals surface area contributed by atoms with Gasteiger partial charge in [0, 0.05) is 38.6 Å². The Bertz CT molecular complexity index is 705. The van der Waals surface area contributed by atoms with E-state index in [9.17, 15) is 4.79 Å². The molecule has 7 nitrogen and oxygen atoms in total. The van der Waals surface area contributed by atoms with Gasteiger partial charge in [0.25, 0.3) is 5.91 Å². The highest BCUT2D eigenvalue weighted by Crippen LogP contribution is 2.41. The molecule has 7 heteroatoms. The van der Waals surface area contributed by atoms with Crippen LogP contribution in [0.25, 0.3) is 0 Å². The third kappa shape index (κ3) is 5.76. The van der Waals surface area contributed by atoms with Gasteiger partial charge in [-0.3, -0.25) is 9.78 Å². The highest BCUT2D eigenvalue weighted by Gasteiger charge is 2.62. The summed E-state index contributed by atoms with van der Waals surface area (Å²) in [6.07, 6.45) is 10.4. The van der Waals surface area contributed by atoms with Crippen LogP contribution < -0.4 is 4.74 Å². The van der Waals surface area contributed by atoms with Crippen LogP contribution in [0.2, 0.25) is 0 Å². The number of carbonyl (C=O) groups excluding carboxylic acids is 1. The number of carbonyl (C=O) groups is 1. The van der Waals surface area contributed by atoms with E-state index in [1.54, 1.807) is 25.3 Å². The number of aromatic nitrogens is 1. The van der Waals surface area contributed by atoms with Gasteiger partial charge in [0.05, 0.1) is 12.1 Å². The van der Waals surface area contributed by atoms with Crippen LogP contribution in [0.5, 0.6) is 5.75 Å². The van der Waals surface area contributed by atoms with Gasteiger partial charge in [-0.2, -0.15) is 0 Å². The first-order valence-corrected chi connectivity index (χ1v) is 11.5. The predicted molar refractivity (Wildman–Crippen MR) is 118 cm³/mol. The van der Waals surface area contributed by atoms with Crippen molar-refractivity contribution in [1.29, 1.82) is 0 Å². The SMILES string of the molecule is COCOC1(Cc2cc(OC3CCCCCC3)ccn2)C(=O)N(COC)C1CC(C)C.